The number of amides is 4. The van der Waals surface area contributed by atoms with E-state index in [1.54, 1.807) is 41.5 Å². The lowest BCUT2D eigenvalue weighted by atomic mass is 9.82. The largest absolute Gasteiger partial charge is 0.460 e. The van der Waals surface area contributed by atoms with E-state index in [0.717, 1.165) is 5.56 Å². The smallest absolute Gasteiger partial charge is 0.347 e. The van der Waals surface area contributed by atoms with Crippen molar-refractivity contribution >= 4 is 35.9 Å². The number of carbonyl (C=O) groups excluding carboxylic acids is 5. The van der Waals surface area contributed by atoms with Crippen LogP contribution in [0, 0.1) is 17.8 Å². The Bertz CT molecular complexity index is 1220. The molecule has 0 aromatic heterocycles. The normalized spacial score (nSPS) is 20.7. The second-order valence-electron chi connectivity index (χ2n) is 13.5. The Balaban J connectivity index is 1.87. The molecule has 3 rings (SSSR count). The van der Waals surface area contributed by atoms with E-state index in [1.165, 1.54) is 4.90 Å². The van der Waals surface area contributed by atoms with Crippen LogP contribution in [0.15, 0.2) is 36.4 Å². The van der Waals surface area contributed by atoms with Gasteiger partial charge in [0.15, 0.2) is 0 Å². The van der Waals surface area contributed by atoms with Gasteiger partial charge in [0.05, 0.1) is 11.8 Å². The van der Waals surface area contributed by atoms with E-state index in [-0.39, 0.29) is 25.4 Å². The highest BCUT2D eigenvalue weighted by atomic mass is 16.6. The van der Waals surface area contributed by atoms with Crippen LogP contribution in [0.2, 0.25) is 0 Å². The Morgan fingerprint density at radius 1 is 0.977 bits per heavy atom. The van der Waals surface area contributed by atoms with Gasteiger partial charge < -0.3 is 14.8 Å². The molecule has 43 heavy (non-hydrogen) atoms. The molecule has 2 aliphatic rings. The number of nitrogens with one attached hydrogen (secondary N) is 2. The van der Waals surface area contributed by atoms with Crippen LogP contribution < -0.4 is 10.7 Å². The highest BCUT2D eigenvalue weighted by molar-refractivity contribution is 6.07. The number of piperazine rings is 1. The van der Waals surface area contributed by atoms with Crippen molar-refractivity contribution in [3.8, 4) is 0 Å². The number of urea groups is 1. The van der Waals surface area contributed by atoms with Gasteiger partial charge in [-0.1, -0.05) is 56.3 Å². The quantitative estimate of drug-likeness (QED) is 0.308. The minimum atomic E-state index is -1.04. The molecule has 0 spiro atoms. The van der Waals surface area contributed by atoms with E-state index in [4.69, 9.17) is 9.47 Å². The molecular formula is C32H46N4O7. The van der Waals surface area contributed by atoms with Crippen molar-refractivity contribution < 1.29 is 33.4 Å². The Labute approximate surface area is 254 Å². The molecule has 2 N–H and O–H groups in total. The van der Waals surface area contributed by atoms with Gasteiger partial charge in [0.1, 0.15) is 23.3 Å². The molecule has 2 saturated heterocycles. The second kappa shape index (κ2) is 13.7. The van der Waals surface area contributed by atoms with Gasteiger partial charge in [0, 0.05) is 13.1 Å². The molecule has 2 heterocycles. The molecular weight excluding hydrogens is 552 g/mol. The number of hydrogen-bond donors (Lipinski definition) is 2. The standard InChI is InChI=1S/C32H46N4O7/c1-20(2)17-23(22(28(39)42-31(3,4)5)16-12-15-21-13-10-9-11-14-21)26(37)34-36-27(38)24-18-33-19-25(35(24)30(36)41)29(40)43-32(6,7)8/h9-15,20,22-25,33H,16-19H2,1-8H3,(H,34,37)/b15-12+/t22?,23-,24?,25?/m1/s1. The molecule has 0 saturated carbocycles. The Morgan fingerprint density at radius 2 is 1.60 bits per heavy atom. The average Bonchev–Trinajstić information content (AvgIpc) is 3.13. The molecule has 2 aliphatic heterocycles. The van der Waals surface area contributed by atoms with E-state index in [0.29, 0.717) is 11.4 Å². The molecule has 3 unspecified atom stereocenters. The maximum atomic E-state index is 13.9. The highest BCUT2D eigenvalue weighted by Gasteiger charge is 2.54. The van der Waals surface area contributed by atoms with Crippen LogP contribution in [0.3, 0.4) is 0 Å². The molecule has 4 amide bonds. The van der Waals surface area contributed by atoms with E-state index in [1.807, 2.05) is 56.3 Å². The second-order valence-corrected chi connectivity index (χ2v) is 13.5. The van der Waals surface area contributed by atoms with Crippen LogP contribution in [0.1, 0.15) is 73.8 Å². The number of carbonyl (C=O) groups is 5. The maximum absolute atomic E-state index is 13.9. The van der Waals surface area contributed by atoms with Gasteiger partial charge in [0.2, 0.25) is 5.91 Å². The predicted molar refractivity (Wildman–Crippen MR) is 161 cm³/mol. The highest BCUT2D eigenvalue weighted by Crippen LogP contribution is 2.30. The molecule has 1 aromatic rings. The number of hydrazine groups is 1. The van der Waals surface area contributed by atoms with E-state index >= 15 is 0 Å². The van der Waals surface area contributed by atoms with Gasteiger partial charge in [-0.3, -0.25) is 24.7 Å². The summed E-state index contributed by atoms with van der Waals surface area (Å²) in [6, 6.07) is 6.72. The summed E-state index contributed by atoms with van der Waals surface area (Å²) in [5.41, 5.74) is 1.86. The number of ether oxygens (including phenoxy) is 2. The van der Waals surface area contributed by atoms with Crippen molar-refractivity contribution in [3.63, 3.8) is 0 Å². The number of allylic oxidation sites excluding steroid dienone is 1. The first kappa shape index (κ1) is 33.8. The van der Waals surface area contributed by atoms with Crippen molar-refractivity contribution in [1.29, 1.82) is 0 Å². The number of imide groups is 1. The zero-order valence-corrected chi connectivity index (χ0v) is 26.5. The molecule has 4 atom stereocenters. The molecule has 236 valence electrons. The third-order valence-corrected chi connectivity index (χ3v) is 6.92. The van der Waals surface area contributed by atoms with Gasteiger partial charge in [0.25, 0.3) is 5.91 Å². The summed E-state index contributed by atoms with van der Waals surface area (Å²) in [7, 11) is 0. The summed E-state index contributed by atoms with van der Waals surface area (Å²) in [5.74, 6) is -4.29. The fourth-order valence-electron chi connectivity index (χ4n) is 5.14. The van der Waals surface area contributed by atoms with Crippen LogP contribution in [0.5, 0.6) is 0 Å². The Kier molecular flexibility index (Phi) is 10.8. The van der Waals surface area contributed by atoms with Gasteiger partial charge in [-0.2, -0.15) is 5.01 Å². The molecule has 0 bridgehead atoms. The zero-order chi connectivity index (χ0) is 32.1. The molecule has 11 heteroatoms. The minimum Gasteiger partial charge on any atom is -0.460 e. The van der Waals surface area contributed by atoms with E-state index in [2.05, 4.69) is 10.7 Å². The number of benzene rings is 1. The first-order valence-corrected chi connectivity index (χ1v) is 14.8. The van der Waals surface area contributed by atoms with Crippen molar-refractivity contribution in [3.05, 3.63) is 42.0 Å². The third-order valence-electron chi connectivity index (χ3n) is 6.92. The van der Waals surface area contributed by atoms with Crippen LogP contribution >= 0.6 is 0 Å². The van der Waals surface area contributed by atoms with Crippen LogP contribution in [0.25, 0.3) is 6.08 Å². The number of hydrogen-bond acceptors (Lipinski definition) is 8. The predicted octanol–water partition coefficient (Wildman–Crippen LogP) is 3.69. The third kappa shape index (κ3) is 9.13. The fourth-order valence-corrected chi connectivity index (χ4v) is 5.14. The molecule has 2 fully saturated rings. The summed E-state index contributed by atoms with van der Waals surface area (Å²) >= 11 is 0. The monoisotopic (exact) mass is 598 g/mol. The molecule has 1 aromatic carbocycles. The Morgan fingerprint density at radius 3 is 2.19 bits per heavy atom. The first-order valence-electron chi connectivity index (χ1n) is 14.8. The SMILES string of the molecule is CC(C)C[C@@H](C(=O)NN1C(=O)C2CNCC(C(=O)OC(C)(C)C)N2C1=O)C(C/C=C/c1ccccc1)C(=O)OC(C)(C)C. The van der Waals surface area contributed by atoms with Crippen LogP contribution in [-0.4, -0.2) is 76.1 Å². The topological polar surface area (TPSA) is 134 Å². The van der Waals surface area contributed by atoms with Crippen molar-refractivity contribution in [2.45, 2.75) is 91.5 Å². The summed E-state index contributed by atoms with van der Waals surface area (Å²) in [6.07, 6.45) is 4.21. The van der Waals surface area contributed by atoms with E-state index < -0.39 is 64.9 Å². The van der Waals surface area contributed by atoms with Gasteiger partial charge in [-0.15, -0.1) is 0 Å². The molecule has 0 radical (unpaired) electrons. The number of esters is 2. The lowest BCUT2D eigenvalue weighted by Gasteiger charge is -2.35. The van der Waals surface area contributed by atoms with Crippen LogP contribution in [-0.2, 0) is 28.7 Å². The van der Waals surface area contributed by atoms with Gasteiger partial charge in [-0.05, 0) is 65.9 Å². The fraction of sp³-hybridized carbons (Fsp3) is 0.594. The van der Waals surface area contributed by atoms with Gasteiger partial charge in [-0.25, -0.2) is 9.59 Å². The minimum absolute atomic E-state index is 0.0100. The number of rotatable bonds is 10. The molecule has 0 aliphatic carbocycles. The zero-order valence-electron chi connectivity index (χ0n) is 26.5. The lowest BCUT2D eigenvalue weighted by Crippen LogP contribution is -2.61. The molecule has 11 nitrogen and oxygen atoms in total. The lowest BCUT2D eigenvalue weighted by molar-refractivity contribution is -0.164. The number of fused-ring (bicyclic) bond motifs is 1. The van der Waals surface area contributed by atoms with Crippen molar-refractivity contribution in [2.24, 2.45) is 17.8 Å². The van der Waals surface area contributed by atoms with E-state index in [9.17, 15) is 24.0 Å². The van der Waals surface area contributed by atoms with Crippen molar-refractivity contribution in [2.75, 3.05) is 13.1 Å². The van der Waals surface area contributed by atoms with Crippen molar-refractivity contribution in [1.82, 2.24) is 20.7 Å². The van der Waals surface area contributed by atoms with Gasteiger partial charge >= 0.3 is 18.0 Å². The average molecular weight is 599 g/mol. The maximum Gasteiger partial charge on any atom is 0.347 e. The summed E-state index contributed by atoms with van der Waals surface area (Å²) in [4.78, 5) is 68.3. The summed E-state index contributed by atoms with van der Waals surface area (Å²) < 4.78 is 11.2. The summed E-state index contributed by atoms with van der Waals surface area (Å²) in [5, 5.41) is 3.68. The summed E-state index contributed by atoms with van der Waals surface area (Å²) in [6.45, 7) is 14.5. The number of nitrogens with zero attached hydrogens (tertiary/aromatic N) is 2. The Hall–Kier alpha value is -3.73. The first-order chi connectivity index (χ1) is 20.0. The van der Waals surface area contributed by atoms with Crippen LogP contribution in [0.4, 0.5) is 4.79 Å².